The van der Waals surface area contributed by atoms with E-state index in [0.717, 1.165) is 6.07 Å². The third kappa shape index (κ3) is 8.92. The van der Waals surface area contributed by atoms with E-state index in [9.17, 15) is 34.4 Å². The lowest BCUT2D eigenvalue weighted by Gasteiger charge is -2.11. The van der Waals surface area contributed by atoms with E-state index in [2.05, 4.69) is 20.5 Å². The fourth-order valence-electron chi connectivity index (χ4n) is 4.87. The standard InChI is InChI=1S/C31H29N5O12S3/c1-46-30-17-28(36-34-26-9-8-25(32)24-14-20(50(40,41)42)5-7-23(24)26)31(47-2)16-27(30)35-33-19-4-6-22-18(12-19)13-21(51(43,44)45)15-29(22)48-10-3-11-49(37,38)39/h4-9,12-17H,3,10-11,32H2,1-2H3,(H,37,38,39)(H,40,41,42)(H,43,44,45). The average molecular weight is 760 g/mol. The van der Waals surface area contributed by atoms with Gasteiger partial charge in [-0.1, -0.05) is 6.07 Å². The van der Waals surface area contributed by atoms with Crippen molar-refractivity contribution in [2.24, 2.45) is 20.5 Å². The van der Waals surface area contributed by atoms with Crippen molar-refractivity contribution in [3.8, 4) is 17.2 Å². The summed E-state index contributed by atoms with van der Waals surface area (Å²) in [5.74, 6) is -0.0593. The molecule has 0 atom stereocenters. The Kier molecular flexibility index (Phi) is 10.6. The molecule has 5 rings (SSSR count). The molecule has 0 bridgehead atoms. The number of methoxy groups -OCH3 is 2. The number of ether oxygens (including phenoxy) is 3. The molecule has 5 N–H and O–H groups in total. The van der Waals surface area contributed by atoms with E-state index in [1.165, 1.54) is 62.8 Å². The lowest BCUT2D eigenvalue weighted by Crippen LogP contribution is -2.09. The second-order valence-corrected chi connectivity index (χ2v) is 15.2. The van der Waals surface area contributed by atoms with Gasteiger partial charge in [-0.15, -0.1) is 15.3 Å². The minimum Gasteiger partial charge on any atom is -0.494 e. The highest BCUT2D eigenvalue weighted by molar-refractivity contribution is 7.86. The topological polar surface area (TPSA) is 266 Å². The highest BCUT2D eigenvalue weighted by Gasteiger charge is 2.17. The van der Waals surface area contributed by atoms with Crippen LogP contribution in [0.1, 0.15) is 6.42 Å². The molecule has 51 heavy (non-hydrogen) atoms. The van der Waals surface area contributed by atoms with Gasteiger partial charge in [0.25, 0.3) is 30.4 Å². The van der Waals surface area contributed by atoms with Crippen molar-refractivity contribution >= 4 is 80.3 Å². The maximum atomic E-state index is 12.0. The molecule has 0 unspecified atom stereocenters. The zero-order chi connectivity index (χ0) is 37.1. The Labute approximate surface area is 291 Å². The molecule has 0 saturated carbocycles. The number of azo groups is 2. The maximum absolute atomic E-state index is 12.0. The van der Waals surface area contributed by atoms with Crippen LogP contribution in [0.4, 0.5) is 28.4 Å². The second kappa shape index (κ2) is 14.5. The summed E-state index contributed by atoms with van der Waals surface area (Å²) in [6.45, 7) is -0.170. The van der Waals surface area contributed by atoms with E-state index < -0.39 is 41.0 Å². The molecule has 0 aromatic heterocycles. The fraction of sp³-hybridized carbons (Fsp3) is 0.161. The molecule has 268 valence electrons. The molecule has 0 radical (unpaired) electrons. The van der Waals surface area contributed by atoms with E-state index in [1.807, 2.05) is 0 Å². The van der Waals surface area contributed by atoms with Crippen LogP contribution in [-0.2, 0) is 30.4 Å². The molecule has 0 spiro atoms. The van der Waals surface area contributed by atoms with Crippen molar-refractivity contribution in [1.29, 1.82) is 0 Å². The quantitative estimate of drug-likeness (QED) is 0.0428. The first kappa shape index (κ1) is 37.0. The van der Waals surface area contributed by atoms with Gasteiger partial charge in [-0.25, -0.2) is 0 Å². The SMILES string of the molecule is COc1cc(N=Nc2ccc(N)c3cc(S(=O)(=O)O)ccc23)c(OC)cc1N=Nc1ccc2c(OCCCS(=O)(=O)O)cc(S(=O)(=O)O)cc2c1. The van der Waals surface area contributed by atoms with Crippen molar-refractivity contribution in [2.75, 3.05) is 32.3 Å². The smallest absolute Gasteiger partial charge is 0.294 e. The molecule has 0 heterocycles. The summed E-state index contributed by atoms with van der Waals surface area (Å²) in [5.41, 5.74) is 7.36. The molecule has 5 aromatic rings. The lowest BCUT2D eigenvalue weighted by molar-refractivity contribution is 0.319. The highest BCUT2D eigenvalue weighted by atomic mass is 32.2. The molecule has 0 saturated heterocycles. The molecule has 0 fully saturated rings. The van der Waals surface area contributed by atoms with Crippen LogP contribution in [-0.4, -0.2) is 65.5 Å². The van der Waals surface area contributed by atoms with Crippen LogP contribution in [0.2, 0.25) is 0 Å². The molecule has 0 amide bonds. The van der Waals surface area contributed by atoms with Gasteiger partial charge in [0.2, 0.25) is 0 Å². The van der Waals surface area contributed by atoms with Crippen LogP contribution in [0.5, 0.6) is 17.2 Å². The minimum absolute atomic E-state index is 0.0462. The van der Waals surface area contributed by atoms with Gasteiger partial charge in [-0.2, -0.15) is 30.4 Å². The Balaban J connectivity index is 1.46. The van der Waals surface area contributed by atoms with E-state index in [0.29, 0.717) is 27.2 Å². The van der Waals surface area contributed by atoms with Gasteiger partial charge in [0, 0.05) is 40.0 Å². The van der Waals surface area contributed by atoms with Gasteiger partial charge in [0.05, 0.1) is 47.7 Å². The number of nitrogen functional groups attached to an aromatic ring is 1. The Morgan fingerprint density at radius 1 is 0.608 bits per heavy atom. The number of rotatable bonds is 13. The number of nitrogens with zero attached hydrogens (tertiary/aromatic N) is 4. The van der Waals surface area contributed by atoms with Crippen molar-refractivity contribution in [3.63, 3.8) is 0 Å². The maximum Gasteiger partial charge on any atom is 0.294 e. The predicted octanol–water partition coefficient (Wildman–Crippen LogP) is 6.57. The van der Waals surface area contributed by atoms with Crippen LogP contribution in [0, 0.1) is 0 Å². The van der Waals surface area contributed by atoms with Gasteiger partial charge in [-0.3, -0.25) is 13.7 Å². The summed E-state index contributed by atoms with van der Waals surface area (Å²) in [5, 5.41) is 18.6. The van der Waals surface area contributed by atoms with E-state index in [-0.39, 0.29) is 57.9 Å². The first-order valence-corrected chi connectivity index (χ1v) is 19.0. The summed E-state index contributed by atoms with van der Waals surface area (Å²) in [4.78, 5) is -0.802. The van der Waals surface area contributed by atoms with Crippen molar-refractivity contribution in [2.45, 2.75) is 16.2 Å². The Morgan fingerprint density at radius 2 is 1.22 bits per heavy atom. The third-order valence-corrected chi connectivity index (χ3v) is 9.78. The average Bonchev–Trinajstić information content (AvgIpc) is 3.07. The van der Waals surface area contributed by atoms with Gasteiger partial charge in [0.15, 0.2) is 0 Å². The molecule has 17 nitrogen and oxygen atoms in total. The van der Waals surface area contributed by atoms with Gasteiger partial charge < -0.3 is 19.9 Å². The van der Waals surface area contributed by atoms with Crippen LogP contribution in [0.15, 0.2) is 103 Å². The monoisotopic (exact) mass is 759 g/mol. The predicted molar refractivity (Wildman–Crippen MR) is 186 cm³/mol. The Hall–Kier alpha value is -5.25. The molecule has 5 aromatic carbocycles. The Morgan fingerprint density at radius 3 is 1.82 bits per heavy atom. The van der Waals surface area contributed by atoms with E-state index >= 15 is 0 Å². The largest absolute Gasteiger partial charge is 0.494 e. The minimum atomic E-state index is -4.66. The zero-order valence-electron chi connectivity index (χ0n) is 26.7. The molecule has 0 aliphatic carbocycles. The first-order chi connectivity index (χ1) is 24.0. The van der Waals surface area contributed by atoms with Gasteiger partial charge in [-0.05, 0) is 60.3 Å². The van der Waals surface area contributed by atoms with E-state index in [4.69, 9.17) is 24.5 Å². The van der Waals surface area contributed by atoms with Gasteiger partial charge >= 0.3 is 0 Å². The molecule has 0 aliphatic heterocycles. The normalized spacial score (nSPS) is 12.6. The zero-order valence-corrected chi connectivity index (χ0v) is 29.1. The molecular weight excluding hydrogens is 731 g/mol. The van der Waals surface area contributed by atoms with Crippen molar-refractivity contribution in [3.05, 3.63) is 72.8 Å². The Bertz CT molecular complexity index is 2560. The first-order valence-electron chi connectivity index (χ1n) is 14.5. The van der Waals surface area contributed by atoms with Crippen molar-refractivity contribution < 1.29 is 53.1 Å². The van der Waals surface area contributed by atoms with Crippen LogP contribution in [0.3, 0.4) is 0 Å². The van der Waals surface area contributed by atoms with Crippen molar-refractivity contribution in [1.82, 2.24) is 0 Å². The second-order valence-electron chi connectivity index (χ2n) is 10.7. The number of nitrogens with two attached hydrogens (primary N) is 1. The lowest BCUT2D eigenvalue weighted by atomic mass is 10.1. The summed E-state index contributed by atoms with van der Waals surface area (Å²) >= 11 is 0. The summed E-state index contributed by atoms with van der Waals surface area (Å²) in [6, 6.07) is 16.9. The summed E-state index contributed by atoms with van der Waals surface area (Å²) < 4.78 is 114. The number of hydrogen-bond donors (Lipinski definition) is 4. The molecule has 0 aliphatic rings. The van der Waals surface area contributed by atoms with Gasteiger partial charge in [0.1, 0.15) is 28.6 Å². The fourth-order valence-corrected chi connectivity index (χ4v) is 6.39. The number of benzene rings is 5. The van der Waals surface area contributed by atoms with Crippen LogP contribution >= 0.6 is 0 Å². The molecule has 20 heteroatoms. The number of anilines is 1. The summed E-state index contributed by atoms with van der Waals surface area (Å²) in [7, 11) is -10.5. The highest BCUT2D eigenvalue weighted by Crippen LogP contribution is 2.42. The summed E-state index contributed by atoms with van der Waals surface area (Å²) in [6.07, 6.45) is -0.0765. The van der Waals surface area contributed by atoms with Crippen LogP contribution < -0.4 is 19.9 Å². The molecular formula is C31H29N5O12S3. The third-order valence-electron chi connectivity index (χ3n) is 7.29. The van der Waals surface area contributed by atoms with E-state index in [1.54, 1.807) is 18.2 Å². The number of hydrogen-bond acceptors (Lipinski definition) is 14. The van der Waals surface area contributed by atoms with Crippen LogP contribution in [0.25, 0.3) is 21.5 Å². The number of fused-ring (bicyclic) bond motifs is 2.